The summed E-state index contributed by atoms with van der Waals surface area (Å²) in [6, 6.07) is 15.5. The smallest absolute Gasteiger partial charge is 0.227 e. The average Bonchev–Trinajstić information content (AvgIpc) is 3.24. The number of ether oxygens (including phenoxy) is 1. The summed E-state index contributed by atoms with van der Waals surface area (Å²) in [6.45, 7) is 6.62. The van der Waals surface area contributed by atoms with Crippen molar-refractivity contribution in [3.05, 3.63) is 66.0 Å². The molecule has 9 nitrogen and oxygen atoms in total. The number of hydrogen-bond donors (Lipinski definition) is 4. The molecule has 2 heterocycles. The summed E-state index contributed by atoms with van der Waals surface area (Å²) < 4.78 is 7.33. The second kappa shape index (κ2) is 10.2. The largest absolute Gasteiger partial charge is 0.497 e. The van der Waals surface area contributed by atoms with Crippen LogP contribution in [-0.2, 0) is 13.1 Å². The lowest BCUT2D eigenvalue weighted by Gasteiger charge is -2.29. The Labute approximate surface area is 205 Å². The number of nitrogen functional groups attached to an aromatic ring is 1. The number of hydrogen-bond acceptors (Lipinski definition) is 8. The lowest BCUT2D eigenvalue weighted by molar-refractivity contribution is 0.0577. The molecule has 184 valence electrons. The van der Waals surface area contributed by atoms with E-state index in [9.17, 15) is 5.11 Å². The Morgan fingerprint density at radius 1 is 1.14 bits per heavy atom. The summed E-state index contributed by atoms with van der Waals surface area (Å²) in [6.07, 6.45) is 2.48. The molecule has 0 saturated heterocycles. The van der Waals surface area contributed by atoms with E-state index < -0.39 is 5.60 Å². The molecular formula is C26H33N7O2. The normalized spacial score (nSPS) is 12.5. The molecule has 0 saturated carbocycles. The van der Waals surface area contributed by atoms with Crippen molar-refractivity contribution in [3.63, 3.8) is 0 Å². The molecule has 0 aliphatic carbocycles. The van der Waals surface area contributed by atoms with Crippen molar-refractivity contribution in [1.82, 2.24) is 19.5 Å². The number of aliphatic hydroxyl groups is 1. The first-order valence-corrected chi connectivity index (χ1v) is 11.7. The average molecular weight is 476 g/mol. The number of aromatic nitrogens is 4. The number of nitrogens with zero attached hydrogens (tertiary/aromatic N) is 4. The van der Waals surface area contributed by atoms with Crippen molar-refractivity contribution in [2.24, 2.45) is 0 Å². The van der Waals surface area contributed by atoms with Gasteiger partial charge in [0.2, 0.25) is 5.95 Å². The molecule has 1 atom stereocenters. The minimum absolute atomic E-state index is 0.229. The fourth-order valence-electron chi connectivity index (χ4n) is 4.00. The van der Waals surface area contributed by atoms with Gasteiger partial charge < -0.3 is 30.8 Å². The number of anilines is 3. The van der Waals surface area contributed by atoms with Gasteiger partial charge in [0.15, 0.2) is 17.0 Å². The Bertz CT molecular complexity index is 1280. The molecule has 0 aliphatic heterocycles. The van der Waals surface area contributed by atoms with Crippen molar-refractivity contribution >= 4 is 28.6 Å². The zero-order valence-corrected chi connectivity index (χ0v) is 20.6. The SMILES string of the molecule is CCC(Nc1nc(NCc2cc(OC)ccc2N)c2ncn(Cc3ccccc3)c2n1)C(C)(C)O. The molecular weight excluding hydrogens is 442 g/mol. The van der Waals surface area contributed by atoms with Crippen molar-refractivity contribution in [3.8, 4) is 5.75 Å². The Balaban J connectivity index is 1.71. The molecule has 1 unspecified atom stereocenters. The summed E-state index contributed by atoms with van der Waals surface area (Å²) >= 11 is 0. The molecule has 0 bridgehead atoms. The van der Waals surface area contributed by atoms with Crippen LogP contribution in [0.1, 0.15) is 38.3 Å². The highest BCUT2D eigenvalue weighted by Gasteiger charge is 2.26. The number of fused-ring (bicyclic) bond motifs is 1. The summed E-state index contributed by atoms with van der Waals surface area (Å²) in [5.74, 6) is 1.73. The van der Waals surface area contributed by atoms with E-state index in [1.807, 2.05) is 47.9 Å². The van der Waals surface area contributed by atoms with E-state index in [-0.39, 0.29) is 6.04 Å². The molecule has 0 spiro atoms. The number of benzene rings is 2. The van der Waals surface area contributed by atoms with Crippen molar-refractivity contribution in [2.45, 2.75) is 51.9 Å². The molecule has 2 aromatic carbocycles. The van der Waals surface area contributed by atoms with Crippen LogP contribution in [0.25, 0.3) is 11.2 Å². The Morgan fingerprint density at radius 3 is 2.60 bits per heavy atom. The Hall–Kier alpha value is -3.85. The molecule has 4 aromatic rings. The summed E-state index contributed by atoms with van der Waals surface area (Å²) in [5, 5.41) is 17.3. The fourth-order valence-corrected chi connectivity index (χ4v) is 4.00. The van der Waals surface area contributed by atoms with Gasteiger partial charge in [0, 0.05) is 12.2 Å². The van der Waals surface area contributed by atoms with E-state index in [4.69, 9.17) is 20.4 Å². The maximum Gasteiger partial charge on any atom is 0.227 e. The van der Waals surface area contributed by atoms with Crippen LogP contribution in [0, 0.1) is 0 Å². The van der Waals surface area contributed by atoms with Gasteiger partial charge in [0.1, 0.15) is 5.75 Å². The predicted octanol–water partition coefficient (Wildman–Crippen LogP) is 4.04. The lowest BCUT2D eigenvalue weighted by atomic mass is 9.97. The molecule has 2 aromatic heterocycles. The van der Waals surface area contributed by atoms with Gasteiger partial charge in [-0.05, 0) is 49.6 Å². The van der Waals surface area contributed by atoms with Gasteiger partial charge >= 0.3 is 0 Å². The molecule has 5 N–H and O–H groups in total. The number of nitrogens with one attached hydrogen (secondary N) is 2. The van der Waals surface area contributed by atoms with E-state index in [2.05, 4.69) is 27.8 Å². The number of nitrogens with two attached hydrogens (primary N) is 1. The Morgan fingerprint density at radius 2 is 1.91 bits per heavy atom. The van der Waals surface area contributed by atoms with Crippen LogP contribution in [0.5, 0.6) is 5.75 Å². The number of imidazole rings is 1. The number of methoxy groups -OCH3 is 1. The van der Waals surface area contributed by atoms with E-state index in [1.165, 1.54) is 0 Å². The van der Waals surface area contributed by atoms with Gasteiger partial charge in [-0.1, -0.05) is 37.3 Å². The molecule has 9 heteroatoms. The van der Waals surface area contributed by atoms with Crippen LogP contribution in [0.2, 0.25) is 0 Å². The Kier molecular flexibility index (Phi) is 7.07. The van der Waals surface area contributed by atoms with Gasteiger partial charge in [-0.15, -0.1) is 0 Å². The van der Waals surface area contributed by atoms with Crippen LogP contribution < -0.4 is 21.1 Å². The van der Waals surface area contributed by atoms with Crippen LogP contribution >= 0.6 is 0 Å². The minimum atomic E-state index is -0.944. The highest BCUT2D eigenvalue weighted by Crippen LogP contribution is 2.26. The highest BCUT2D eigenvalue weighted by molar-refractivity contribution is 5.84. The second-order valence-corrected chi connectivity index (χ2v) is 9.10. The van der Waals surface area contributed by atoms with Crippen LogP contribution in [0.3, 0.4) is 0 Å². The van der Waals surface area contributed by atoms with Crippen LogP contribution in [-0.4, -0.2) is 43.4 Å². The van der Waals surface area contributed by atoms with Crippen molar-refractivity contribution in [1.29, 1.82) is 0 Å². The highest BCUT2D eigenvalue weighted by atomic mass is 16.5. The zero-order valence-electron chi connectivity index (χ0n) is 20.6. The van der Waals surface area contributed by atoms with Crippen molar-refractivity contribution in [2.75, 3.05) is 23.5 Å². The summed E-state index contributed by atoms with van der Waals surface area (Å²) in [7, 11) is 1.63. The van der Waals surface area contributed by atoms with Gasteiger partial charge in [-0.2, -0.15) is 9.97 Å². The van der Waals surface area contributed by atoms with Gasteiger partial charge in [-0.3, -0.25) is 0 Å². The van der Waals surface area contributed by atoms with Crippen molar-refractivity contribution < 1.29 is 9.84 Å². The third-order valence-corrected chi connectivity index (χ3v) is 6.02. The minimum Gasteiger partial charge on any atom is -0.497 e. The van der Waals surface area contributed by atoms with Gasteiger partial charge in [-0.25, -0.2) is 4.98 Å². The predicted molar refractivity (Wildman–Crippen MR) is 140 cm³/mol. The molecule has 0 fully saturated rings. The van der Waals surface area contributed by atoms with E-state index in [0.717, 1.165) is 16.9 Å². The van der Waals surface area contributed by atoms with Crippen LogP contribution in [0.15, 0.2) is 54.9 Å². The third kappa shape index (κ3) is 5.63. The molecule has 4 rings (SSSR count). The standard InChI is InChI=1S/C26H33N7O2/c1-5-21(26(2,3)34)30-25-31-23(28-14-18-13-19(35-4)11-12-20(18)27)22-24(32-25)33(16-29-22)15-17-9-7-6-8-10-17/h6-13,16,21,34H,5,14-15,27H2,1-4H3,(H2,28,30,31,32). The maximum absolute atomic E-state index is 10.6. The summed E-state index contributed by atoms with van der Waals surface area (Å²) in [4.78, 5) is 14.1. The second-order valence-electron chi connectivity index (χ2n) is 9.10. The van der Waals surface area contributed by atoms with Gasteiger partial charge in [0.05, 0.1) is 31.6 Å². The van der Waals surface area contributed by atoms with Crippen LogP contribution in [0.4, 0.5) is 17.5 Å². The maximum atomic E-state index is 10.6. The summed E-state index contributed by atoms with van der Waals surface area (Å²) in [5.41, 5.74) is 9.27. The lowest BCUT2D eigenvalue weighted by Crippen LogP contribution is -2.41. The zero-order chi connectivity index (χ0) is 25.0. The topological polar surface area (TPSA) is 123 Å². The first kappa shape index (κ1) is 24.3. The third-order valence-electron chi connectivity index (χ3n) is 6.02. The van der Waals surface area contributed by atoms with E-state index in [0.29, 0.717) is 48.1 Å². The monoisotopic (exact) mass is 475 g/mol. The first-order chi connectivity index (χ1) is 16.8. The first-order valence-electron chi connectivity index (χ1n) is 11.7. The van der Waals surface area contributed by atoms with Gasteiger partial charge in [0.25, 0.3) is 0 Å². The molecule has 0 amide bonds. The quantitative estimate of drug-likeness (QED) is 0.254. The molecule has 0 radical (unpaired) electrons. The molecule has 35 heavy (non-hydrogen) atoms. The van der Waals surface area contributed by atoms with E-state index in [1.54, 1.807) is 27.3 Å². The fraction of sp³-hybridized carbons (Fsp3) is 0.346. The van der Waals surface area contributed by atoms with E-state index >= 15 is 0 Å². The number of rotatable bonds is 10. The molecule has 0 aliphatic rings.